The van der Waals surface area contributed by atoms with Gasteiger partial charge in [0.05, 0.1) is 25.5 Å². The van der Waals surface area contributed by atoms with Crippen LogP contribution >= 0.6 is 0 Å². The quantitative estimate of drug-likeness (QED) is 0.727. The van der Waals surface area contributed by atoms with Gasteiger partial charge in [-0.15, -0.1) is 0 Å². The summed E-state index contributed by atoms with van der Waals surface area (Å²) < 4.78 is 5.37. The molecule has 5 rings (SSSR count). The van der Waals surface area contributed by atoms with E-state index in [2.05, 4.69) is 30.3 Å². The summed E-state index contributed by atoms with van der Waals surface area (Å²) in [6, 6.07) is 5.33. The van der Waals surface area contributed by atoms with E-state index < -0.39 is 0 Å². The Bertz CT molecular complexity index is 980. The molecule has 0 bridgehead atoms. The van der Waals surface area contributed by atoms with Crippen molar-refractivity contribution in [1.82, 2.24) is 30.3 Å². The molecule has 4 heterocycles. The van der Waals surface area contributed by atoms with E-state index in [4.69, 9.17) is 4.74 Å². The van der Waals surface area contributed by atoms with Crippen LogP contribution in [-0.2, 0) is 17.8 Å². The predicted octanol–water partition coefficient (Wildman–Crippen LogP) is 0.740. The van der Waals surface area contributed by atoms with Gasteiger partial charge in [-0.2, -0.15) is 15.4 Å². The van der Waals surface area contributed by atoms with Crippen molar-refractivity contribution < 1.29 is 9.53 Å². The average Bonchev–Trinajstić information content (AvgIpc) is 3.33. The summed E-state index contributed by atoms with van der Waals surface area (Å²) in [5.41, 5.74) is 3.94. The number of anilines is 1. The van der Waals surface area contributed by atoms with Crippen LogP contribution in [0.3, 0.4) is 0 Å². The van der Waals surface area contributed by atoms with Crippen molar-refractivity contribution in [2.24, 2.45) is 0 Å². The number of morpholine rings is 1. The molecular weight excluding hydrogens is 334 g/mol. The maximum Gasteiger partial charge on any atom is 0.254 e. The van der Waals surface area contributed by atoms with Crippen molar-refractivity contribution in [2.45, 2.75) is 13.1 Å². The molecule has 3 aromatic rings. The van der Waals surface area contributed by atoms with Crippen LogP contribution in [0.5, 0.6) is 0 Å². The number of ether oxygens (including phenoxy) is 1. The highest BCUT2D eigenvalue weighted by molar-refractivity contribution is 5.97. The third kappa shape index (κ3) is 2.57. The number of amides is 1. The molecule has 2 aromatic heterocycles. The number of carbonyl (C=O) groups is 1. The van der Waals surface area contributed by atoms with Crippen LogP contribution in [0.1, 0.15) is 21.6 Å². The first-order valence-corrected chi connectivity index (χ1v) is 8.55. The molecule has 0 radical (unpaired) electrons. The van der Waals surface area contributed by atoms with Crippen molar-refractivity contribution in [1.29, 1.82) is 0 Å². The highest BCUT2D eigenvalue weighted by Crippen LogP contribution is 2.25. The van der Waals surface area contributed by atoms with Gasteiger partial charge in [-0.1, -0.05) is 0 Å². The van der Waals surface area contributed by atoms with Crippen LogP contribution in [0.2, 0.25) is 0 Å². The van der Waals surface area contributed by atoms with Crippen LogP contribution < -0.4 is 4.90 Å². The zero-order valence-electron chi connectivity index (χ0n) is 14.1. The summed E-state index contributed by atoms with van der Waals surface area (Å²) in [5.74, 6) is 0.672. The van der Waals surface area contributed by atoms with Crippen LogP contribution in [0.4, 0.5) is 5.95 Å². The van der Waals surface area contributed by atoms with E-state index in [0.29, 0.717) is 43.3 Å². The van der Waals surface area contributed by atoms with Gasteiger partial charge in [0.25, 0.3) is 5.91 Å². The van der Waals surface area contributed by atoms with E-state index in [-0.39, 0.29) is 5.91 Å². The maximum absolute atomic E-state index is 12.9. The molecule has 9 heteroatoms. The number of rotatable bonds is 2. The molecule has 132 valence electrons. The molecule has 2 aliphatic rings. The Kier molecular flexibility index (Phi) is 3.52. The first-order chi connectivity index (χ1) is 12.8. The smallest absolute Gasteiger partial charge is 0.254 e. The summed E-state index contributed by atoms with van der Waals surface area (Å²) in [4.78, 5) is 25.9. The van der Waals surface area contributed by atoms with Gasteiger partial charge in [0.1, 0.15) is 11.0 Å². The molecule has 2 aliphatic heterocycles. The molecule has 1 amide bonds. The first-order valence-electron chi connectivity index (χ1n) is 8.55. The Balaban J connectivity index is 1.37. The summed E-state index contributed by atoms with van der Waals surface area (Å²) in [6.45, 7) is 3.97. The second kappa shape index (κ2) is 6.03. The summed E-state index contributed by atoms with van der Waals surface area (Å²) in [5, 5.41) is 10.6. The fourth-order valence-corrected chi connectivity index (χ4v) is 3.36. The van der Waals surface area contributed by atoms with Gasteiger partial charge in [-0.05, 0) is 18.2 Å². The number of carbonyl (C=O) groups excluding carboxylic acids is 1. The largest absolute Gasteiger partial charge is 0.378 e. The number of benzene rings is 1. The molecule has 0 saturated carbocycles. The molecule has 1 aromatic carbocycles. The number of nitrogens with zero attached hydrogens (tertiary/aromatic N) is 6. The number of fused-ring (bicyclic) bond motifs is 2. The third-order valence-electron chi connectivity index (χ3n) is 4.79. The first kappa shape index (κ1) is 15.2. The van der Waals surface area contributed by atoms with Crippen molar-refractivity contribution in [3.8, 4) is 0 Å². The monoisotopic (exact) mass is 351 g/mol. The Morgan fingerprint density at radius 2 is 1.96 bits per heavy atom. The molecular formula is C17H17N7O2. The lowest BCUT2D eigenvalue weighted by Crippen LogP contribution is -2.37. The lowest BCUT2D eigenvalue weighted by Gasteiger charge is -2.26. The molecule has 0 atom stereocenters. The topological polar surface area (TPSA) is 100 Å². The van der Waals surface area contributed by atoms with Crippen molar-refractivity contribution >= 4 is 22.9 Å². The lowest BCUT2D eigenvalue weighted by atomic mass is 10.2. The molecule has 1 fully saturated rings. The van der Waals surface area contributed by atoms with Crippen molar-refractivity contribution in [2.75, 3.05) is 31.2 Å². The van der Waals surface area contributed by atoms with Crippen LogP contribution in [0.15, 0.2) is 24.4 Å². The highest BCUT2D eigenvalue weighted by Gasteiger charge is 2.27. The van der Waals surface area contributed by atoms with E-state index in [1.807, 2.05) is 6.20 Å². The molecule has 0 aliphatic carbocycles. The number of aromatic amines is 1. The van der Waals surface area contributed by atoms with Gasteiger partial charge in [0.2, 0.25) is 5.95 Å². The van der Waals surface area contributed by atoms with Crippen LogP contribution in [0.25, 0.3) is 11.0 Å². The molecule has 0 unspecified atom stereocenters. The minimum Gasteiger partial charge on any atom is -0.378 e. The van der Waals surface area contributed by atoms with Crippen LogP contribution in [-0.4, -0.2) is 62.5 Å². The fraction of sp³-hybridized carbons (Fsp3) is 0.353. The fourth-order valence-electron chi connectivity index (χ4n) is 3.36. The molecule has 0 spiro atoms. The lowest BCUT2D eigenvalue weighted by molar-refractivity contribution is 0.0750. The Morgan fingerprint density at radius 3 is 2.85 bits per heavy atom. The van der Waals surface area contributed by atoms with E-state index in [0.717, 1.165) is 29.9 Å². The van der Waals surface area contributed by atoms with Crippen LogP contribution in [0, 0.1) is 0 Å². The zero-order valence-corrected chi connectivity index (χ0v) is 14.1. The minimum atomic E-state index is -0.0409. The van der Waals surface area contributed by atoms with E-state index in [1.54, 1.807) is 23.1 Å². The standard InChI is InChI=1S/C17H17N7O2/c25-16(11-1-2-13-14(7-11)21-22-20-13)24-9-12-8-18-17(19-15(12)10-24)23-3-5-26-6-4-23/h1-2,7-8H,3-6,9-10H2,(H,20,21,22). The molecule has 1 N–H and O–H groups in total. The van der Waals surface area contributed by atoms with E-state index in [1.165, 1.54) is 0 Å². The summed E-state index contributed by atoms with van der Waals surface area (Å²) in [7, 11) is 0. The summed E-state index contributed by atoms with van der Waals surface area (Å²) >= 11 is 0. The Morgan fingerprint density at radius 1 is 1.12 bits per heavy atom. The molecule has 26 heavy (non-hydrogen) atoms. The number of aromatic nitrogens is 5. The van der Waals surface area contributed by atoms with Gasteiger partial charge in [-0.25, -0.2) is 9.97 Å². The van der Waals surface area contributed by atoms with Gasteiger partial charge in [-0.3, -0.25) is 4.79 Å². The number of hydrogen-bond donors (Lipinski definition) is 1. The second-order valence-corrected chi connectivity index (χ2v) is 6.43. The number of H-pyrrole nitrogens is 1. The zero-order chi connectivity index (χ0) is 17.5. The second-order valence-electron chi connectivity index (χ2n) is 6.43. The van der Waals surface area contributed by atoms with Gasteiger partial charge in [0, 0.05) is 37.0 Å². The van der Waals surface area contributed by atoms with Gasteiger partial charge in [0.15, 0.2) is 0 Å². The minimum absolute atomic E-state index is 0.0409. The van der Waals surface area contributed by atoms with Gasteiger partial charge >= 0.3 is 0 Å². The van der Waals surface area contributed by atoms with E-state index in [9.17, 15) is 4.79 Å². The maximum atomic E-state index is 12.9. The number of hydrogen-bond acceptors (Lipinski definition) is 7. The third-order valence-corrected chi connectivity index (χ3v) is 4.79. The highest BCUT2D eigenvalue weighted by atomic mass is 16.5. The predicted molar refractivity (Wildman–Crippen MR) is 92.5 cm³/mol. The van der Waals surface area contributed by atoms with Gasteiger partial charge < -0.3 is 14.5 Å². The summed E-state index contributed by atoms with van der Waals surface area (Å²) in [6.07, 6.45) is 1.83. The Hall–Kier alpha value is -3.07. The van der Waals surface area contributed by atoms with Crippen molar-refractivity contribution in [3.05, 3.63) is 41.2 Å². The van der Waals surface area contributed by atoms with Crippen molar-refractivity contribution in [3.63, 3.8) is 0 Å². The van der Waals surface area contributed by atoms with E-state index >= 15 is 0 Å². The average molecular weight is 351 g/mol. The molecule has 1 saturated heterocycles. The molecule has 9 nitrogen and oxygen atoms in total. The Labute approximate surface area is 149 Å². The normalized spacial score (nSPS) is 16.9. The number of nitrogens with one attached hydrogen (secondary N) is 1. The SMILES string of the molecule is O=C(c1ccc2n[nH]nc2c1)N1Cc2cnc(N3CCOCC3)nc2C1.